The van der Waals surface area contributed by atoms with E-state index in [9.17, 15) is 5.11 Å². The van der Waals surface area contributed by atoms with Gasteiger partial charge in [-0.1, -0.05) is 23.8 Å². The highest BCUT2D eigenvalue weighted by molar-refractivity contribution is 5.35. The Hall–Kier alpha value is -0.820. The van der Waals surface area contributed by atoms with Crippen molar-refractivity contribution in [3.05, 3.63) is 34.9 Å². The molecule has 0 aliphatic heterocycles. The van der Waals surface area contributed by atoms with Gasteiger partial charge in [0.05, 0.1) is 0 Å². The molecule has 0 radical (unpaired) electrons. The van der Waals surface area contributed by atoms with Gasteiger partial charge in [-0.2, -0.15) is 0 Å². The molecule has 0 spiro atoms. The van der Waals surface area contributed by atoms with Crippen molar-refractivity contribution in [1.29, 1.82) is 0 Å². The largest absolute Gasteiger partial charge is 0.396 e. The van der Waals surface area contributed by atoms with E-state index in [0.717, 1.165) is 6.42 Å². The molecule has 1 nitrogen and oxygen atoms in total. The first-order valence-corrected chi connectivity index (χ1v) is 5.01. The summed E-state index contributed by atoms with van der Waals surface area (Å²) in [5, 5.41) is 9.21. The van der Waals surface area contributed by atoms with Crippen molar-refractivity contribution < 1.29 is 5.11 Å². The van der Waals surface area contributed by atoms with E-state index in [4.69, 9.17) is 0 Å². The topological polar surface area (TPSA) is 20.2 Å². The lowest BCUT2D eigenvalue weighted by Gasteiger charge is -2.24. The Balaban J connectivity index is 2.40. The van der Waals surface area contributed by atoms with E-state index in [1.807, 2.05) is 0 Å². The Labute approximate surface area is 79.4 Å². The first kappa shape index (κ1) is 8.76. The summed E-state index contributed by atoms with van der Waals surface area (Å²) in [5.41, 5.74) is 4.15. The van der Waals surface area contributed by atoms with Crippen LogP contribution in [-0.2, 0) is 6.42 Å². The zero-order valence-electron chi connectivity index (χ0n) is 8.09. The maximum atomic E-state index is 9.21. The summed E-state index contributed by atoms with van der Waals surface area (Å²) in [6.45, 7) is 2.43. The van der Waals surface area contributed by atoms with Crippen LogP contribution in [0.1, 0.15) is 35.4 Å². The van der Waals surface area contributed by atoms with Crippen molar-refractivity contribution in [2.45, 2.75) is 32.1 Å². The fourth-order valence-electron chi connectivity index (χ4n) is 2.23. The van der Waals surface area contributed by atoms with Crippen molar-refractivity contribution in [1.82, 2.24) is 0 Å². The van der Waals surface area contributed by atoms with Crippen LogP contribution in [0.3, 0.4) is 0 Å². The minimum atomic E-state index is 0.302. The van der Waals surface area contributed by atoms with E-state index in [1.165, 1.54) is 29.5 Å². The maximum absolute atomic E-state index is 9.21. The number of aliphatic hydroxyl groups excluding tert-OH is 1. The first-order valence-electron chi connectivity index (χ1n) is 5.01. The maximum Gasteiger partial charge on any atom is 0.0499 e. The second-order valence-electron chi connectivity index (χ2n) is 3.97. The van der Waals surface area contributed by atoms with Gasteiger partial charge in [0, 0.05) is 12.5 Å². The number of hydrogen-bond acceptors (Lipinski definition) is 1. The predicted molar refractivity (Wildman–Crippen MR) is 53.9 cm³/mol. The third-order valence-electron chi connectivity index (χ3n) is 2.96. The molecule has 1 unspecified atom stereocenters. The molecule has 0 bridgehead atoms. The quantitative estimate of drug-likeness (QED) is 0.696. The number of aryl methyl sites for hydroxylation is 2. The molecule has 0 heterocycles. The van der Waals surface area contributed by atoms with Crippen molar-refractivity contribution in [3.8, 4) is 0 Å². The van der Waals surface area contributed by atoms with E-state index in [-0.39, 0.29) is 0 Å². The average Bonchev–Trinajstić information content (AvgIpc) is 2.16. The molecule has 1 aromatic carbocycles. The number of aliphatic hydroxyl groups is 1. The SMILES string of the molecule is Cc1ccc2c(c1)CCCC2CO. The Morgan fingerprint density at radius 1 is 1.46 bits per heavy atom. The molecule has 13 heavy (non-hydrogen) atoms. The Morgan fingerprint density at radius 2 is 2.31 bits per heavy atom. The fraction of sp³-hybridized carbons (Fsp3) is 0.500. The highest BCUT2D eigenvalue weighted by Crippen LogP contribution is 2.31. The fourth-order valence-corrected chi connectivity index (χ4v) is 2.23. The smallest absolute Gasteiger partial charge is 0.0499 e. The van der Waals surface area contributed by atoms with E-state index < -0.39 is 0 Å². The zero-order chi connectivity index (χ0) is 9.26. The van der Waals surface area contributed by atoms with Gasteiger partial charge in [0.25, 0.3) is 0 Å². The number of fused-ring (bicyclic) bond motifs is 1. The molecule has 1 heteroatoms. The van der Waals surface area contributed by atoms with E-state index in [0.29, 0.717) is 12.5 Å². The van der Waals surface area contributed by atoms with Gasteiger partial charge in [-0.25, -0.2) is 0 Å². The van der Waals surface area contributed by atoms with E-state index >= 15 is 0 Å². The minimum Gasteiger partial charge on any atom is -0.396 e. The summed E-state index contributed by atoms with van der Waals surface area (Å²) in [6, 6.07) is 6.59. The van der Waals surface area contributed by atoms with Crippen LogP contribution in [0.15, 0.2) is 18.2 Å². The minimum absolute atomic E-state index is 0.302. The summed E-state index contributed by atoms with van der Waals surface area (Å²) >= 11 is 0. The third kappa shape index (κ3) is 1.61. The van der Waals surface area contributed by atoms with E-state index in [2.05, 4.69) is 25.1 Å². The predicted octanol–water partition coefficient (Wildman–Crippen LogP) is 2.41. The third-order valence-corrected chi connectivity index (χ3v) is 2.96. The van der Waals surface area contributed by atoms with Crippen LogP contribution in [0.25, 0.3) is 0 Å². The summed E-state index contributed by atoms with van der Waals surface area (Å²) in [4.78, 5) is 0. The van der Waals surface area contributed by atoms with Crippen LogP contribution in [0, 0.1) is 6.92 Å². The Morgan fingerprint density at radius 3 is 3.08 bits per heavy atom. The highest BCUT2D eigenvalue weighted by Gasteiger charge is 2.18. The first-order chi connectivity index (χ1) is 6.31. The van der Waals surface area contributed by atoms with Gasteiger partial charge in [-0.15, -0.1) is 0 Å². The van der Waals surface area contributed by atoms with Crippen molar-refractivity contribution in [3.63, 3.8) is 0 Å². The number of hydrogen-bond donors (Lipinski definition) is 1. The van der Waals surface area contributed by atoms with Gasteiger partial charge in [0.15, 0.2) is 0 Å². The Kier molecular flexibility index (Phi) is 2.36. The molecular formula is C12H16O. The standard InChI is InChI=1S/C12H16O/c1-9-5-6-12-10(7-9)3-2-4-11(12)8-13/h5-7,11,13H,2-4,8H2,1H3. The monoisotopic (exact) mass is 176 g/mol. The number of rotatable bonds is 1. The molecule has 0 fully saturated rings. The number of benzene rings is 1. The molecule has 1 aromatic rings. The van der Waals surface area contributed by atoms with Crippen LogP contribution in [0.2, 0.25) is 0 Å². The van der Waals surface area contributed by atoms with Gasteiger partial charge >= 0.3 is 0 Å². The molecule has 1 aliphatic carbocycles. The van der Waals surface area contributed by atoms with Gasteiger partial charge in [-0.3, -0.25) is 0 Å². The molecule has 1 N–H and O–H groups in total. The highest BCUT2D eigenvalue weighted by atomic mass is 16.3. The molecule has 0 amide bonds. The van der Waals surface area contributed by atoms with Crippen molar-refractivity contribution in [2.75, 3.05) is 6.61 Å². The van der Waals surface area contributed by atoms with Gasteiger partial charge in [0.2, 0.25) is 0 Å². The van der Waals surface area contributed by atoms with Crippen LogP contribution < -0.4 is 0 Å². The summed E-state index contributed by atoms with van der Waals surface area (Å²) in [7, 11) is 0. The summed E-state index contributed by atoms with van der Waals surface area (Å²) < 4.78 is 0. The molecule has 0 saturated heterocycles. The molecule has 0 aromatic heterocycles. The van der Waals surface area contributed by atoms with Gasteiger partial charge in [-0.05, 0) is 37.3 Å². The molecule has 0 saturated carbocycles. The second-order valence-corrected chi connectivity index (χ2v) is 3.97. The van der Waals surface area contributed by atoms with Crippen LogP contribution >= 0.6 is 0 Å². The lowest BCUT2D eigenvalue weighted by atomic mass is 9.83. The lowest BCUT2D eigenvalue weighted by Crippen LogP contribution is -2.12. The van der Waals surface area contributed by atoms with Gasteiger partial charge < -0.3 is 5.11 Å². The Bertz CT molecular complexity index is 304. The van der Waals surface area contributed by atoms with Crippen molar-refractivity contribution in [2.24, 2.45) is 0 Å². The van der Waals surface area contributed by atoms with Crippen LogP contribution in [0.5, 0.6) is 0 Å². The lowest BCUT2D eigenvalue weighted by molar-refractivity contribution is 0.253. The van der Waals surface area contributed by atoms with Gasteiger partial charge in [0.1, 0.15) is 0 Å². The average molecular weight is 176 g/mol. The van der Waals surface area contributed by atoms with Crippen LogP contribution in [-0.4, -0.2) is 11.7 Å². The summed E-state index contributed by atoms with van der Waals surface area (Å²) in [5.74, 6) is 0.393. The van der Waals surface area contributed by atoms with Crippen molar-refractivity contribution >= 4 is 0 Å². The van der Waals surface area contributed by atoms with Crippen LogP contribution in [0.4, 0.5) is 0 Å². The molecule has 1 aliphatic rings. The summed E-state index contributed by atoms with van der Waals surface area (Å²) in [6.07, 6.45) is 3.56. The normalized spacial score (nSPS) is 21.2. The zero-order valence-corrected chi connectivity index (χ0v) is 8.09. The molecular weight excluding hydrogens is 160 g/mol. The van der Waals surface area contributed by atoms with E-state index in [1.54, 1.807) is 0 Å². The molecule has 70 valence electrons. The molecule has 1 atom stereocenters. The second kappa shape index (κ2) is 3.51. The molecule has 2 rings (SSSR count).